The predicted molar refractivity (Wildman–Crippen MR) is 93.9 cm³/mol. The van der Waals surface area contributed by atoms with Gasteiger partial charge in [-0.05, 0) is 43.7 Å². The SMILES string of the molecule is Cc1ccc(Oc2cc(C)nc(SCc3cc(F)cc(F)c3)n2)cc1. The molecule has 25 heavy (non-hydrogen) atoms. The van der Waals surface area contributed by atoms with Crippen LogP contribution in [0.1, 0.15) is 16.8 Å². The summed E-state index contributed by atoms with van der Waals surface area (Å²) in [7, 11) is 0. The topological polar surface area (TPSA) is 35.0 Å². The average Bonchev–Trinajstić information content (AvgIpc) is 2.54. The van der Waals surface area contributed by atoms with Gasteiger partial charge in [-0.3, -0.25) is 0 Å². The first-order chi connectivity index (χ1) is 12.0. The first kappa shape index (κ1) is 17.4. The fourth-order valence-corrected chi connectivity index (χ4v) is 3.02. The molecule has 0 spiro atoms. The summed E-state index contributed by atoms with van der Waals surface area (Å²) in [5, 5.41) is 0.492. The summed E-state index contributed by atoms with van der Waals surface area (Å²) in [5.41, 5.74) is 2.43. The molecule has 3 nitrogen and oxygen atoms in total. The van der Waals surface area contributed by atoms with E-state index in [9.17, 15) is 8.78 Å². The molecule has 0 bridgehead atoms. The van der Waals surface area contributed by atoms with Crippen molar-refractivity contribution in [3.63, 3.8) is 0 Å². The van der Waals surface area contributed by atoms with Crippen LogP contribution >= 0.6 is 11.8 Å². The number of ether oxygens (including phenoxy) is 1. The second-order valence-electron chi connectivity index (χ2n) is 5.61. The van der Waals surface area contributed by atoms with E-state index in [4.69, 9.17) is 4.74 Å². The van der Waals surface area contributed by atoms with Crippen LogP contribution in [-0.4, -0.2) is 9.97 Å². The van der Waals surface area contributed by atoms with Crippen LogP contribution in [0.15, 0.2) is 53.7 Å². The van der Waals surface area contributed by atoms with Crippen molar-refractivity contribution < 1.29 is 13.5 Å². The smallest absolute Gasteiger partial charge is 0.223 e. The molecular formula is C19H16F2N2OS. The quantitative estimate of drug-likeness (QED) is 0.448. The summed E-state index contributed by atoms with van der Waals surface area (Å²) in [6, 6.07) is 12.8. The molecule has 0 fully saturated rings. The molecule has 0 unspecified atom stereocenters. The van der Waals surface area contributed by atoms with Gasteiger partial charge in [0.05, 0.1) is 0 Å². The van der Waals surface area contributed by atoms with Gasteiger partial charge < -0.3 is 4.74 Å². The van der Waals surface area contributed by atoms with Crippen molar-refractivity contribution in [2.24, 2.45) is 0 Å². The Morgan fingerprint density at radius 1 is 0.920 bits per heavy atom. The Labute approximate surface area is 149 Å². The summed E-state index contributed by atoms with van der Waals surface area (Å²) in [6.07, 6.45) is 0. The Kier molecular flexibility index (Phi) is 5.28. The third-order valence-electron chi connectivity index (χ3n) is 3.34. The van der Waals surface area contributed by atoms with Crippen molar-refractivity contribution in [1.29, 1.82) is 0 Å². The van der Waals surface area contributed by atoms with E-state index in [0.717, 1.165) is 17.3 Å². The molecule has 0 saturated heterocycles. The van der Waals surface area contributed by atoms with Crippen LogP contribution in [0.25, 0.3) is 0 Å². The first-order valence-electron chi connectivity index (χ1n) is 7.66. The van der Waals surface area contributed by atoms with Crippen LogP contribution in [0.3, 0.4) is 0 Å². The molecule has 1 aromatic heterocycles. The van der Waals surface area contributed by atoms with Gasteiger partial charge in [-0.1, -0.05) is 29.5 Å². The van der Waals surface area contributed by atoms with E-state index in [0.29, 0.717) is 28.1 Å². The monoisotopic (exact) mass is 358 g/mol. The van der Waals surface area contributed by atoms with Crippen LogP contribution in [0.4, 0.5) is 8.78 Å². The predicted octanol–water partition coefficient (Wildman–Crippen LogP) is 5.46. The minimum absolute atomic E-state index is 0.363. The zero-order valence-corrected chi connectivity index (χ0v) is 14.6. The van der Waals surface area contributed by atoms with Gasteiger partial charge in [-0.25, -0.2) is 13.8 Å². The highest BCUT2D eigenvalue weighted by molar-refractivity contribution is 7.98. The van der Waals surface area contributed by atoms with Gasteiger partial charge in [0.15, 0.2) is 5.16 Å². The molecule has 3 aromatic rings. The van der Waals surface area contributed by atoms with Gasteiger partial charge in [0.2, 0.25) is 5.88 Å². The largest absolute Gasteiger partial charge is 0.439 e. The van der Waals surface area contributed by atoms with Gasteiger partial charge in [0, 0.05) is 23.6 Å². The standard InChI is InChI=1S/C19H16F2N2OS/c1-12-3-5-17(6-4-12)24-18-7-13(2)22-19(23-18)25-11-14-8-15(20)10-16(21)9-14/h3-10H,11H2,1-2H3. The maximum absolute atomic E-state index is 13.3. The van der Waals surface area contributed by atoms with Crippen molar-refractivity contribution in [1.82, 2.24) is 9.97 Å². The van der Waals surface area contributed by atoms with E-state index >= 15 is 0 Å². The third-order valence-corrected chi connectivity index (χ3v) is 4.26. The van der Waals surface area contributed by atoms with Crippen LogP contribution < -0.4 is 4.74 Å². The van der Waals surface area contributed by atoms with Gasteiger partial charge in [0.1, 0.15) is 17.4 Å². The molecule has 1 heterocycles. The highest BCUT2D eigenvalue weighted by atomic mass is 32.2. The van der Waals surface area contributed by atoms with Crippen LogP contribution in [0.2, 0.25) is 0 Å². The van der Waals surface area contributed by atoms with Crippen molar-refractivity contribution in [2.75, 3.05) is 0 Å². The maximum atomic E-state index is 13.3. The number of hydrogen-bond donors (Lipinski definition) is 0. The fraction of sp³-hybridized carbons (Fsp3) is 0.158. The van der Waals surface area contributed by atoms with Gasteiger partial charge >= 0.3 is 0 Å². The summed E-state index contributed by atoms with van der Waals surface area (Å²) in [6.45, 7) is 3.85. The van der Waals surface area contributed by atoms with Gasteiger partial charge in [0.25, 0.3) is 0 Å². The molecule has 0 radical (unpaired) electrons. The zero-order chi connectivity index (χ0) is 17.8. The van der Waals surface area contributed by atoms with E-state index in [2.05, 4.69) is 9.97 Å². The van der Waals surface area contributed by atoms with Crippen molar-refractivity contribution >= 4 is 11.8 Å². The normalized spacial score (nSPS) is 10.7. The van der Waals surface area contributed by atoms with E-state index in [1.807, 2.05) is 38.1 Å². The second kappa shape index (κ2) is 7.61. The first-order valence-corrected chi connectivity index (χ1v) is 8.64. The maximum Gasteiger partial charge on any atom is 0.223 e. The van der Waals surface area contributed by atoms with Crippen molar-refractivity contribution in [2.45, 2.75) is 24.8 Å². The molecule has 0 aliphatic carbocycles. The lowest BCUT2D eigenvalue weighted by Gasteiger charge is -2.08. The van der Waals surface area contributed by atoms with Gasteiger partial charge in [-0.2, -0.15) is 4.98 Å². The Bertz CT molecular complexity index is 865. The van der Waals surface area contributed by atoms with Crippen molar-refractivity contribution in [3.05, 3.63) is 77.0 Å². The van der Waals surface area contributed by atoms with Gasteiger partial charge in [-0.15, -0.1) is 0 Å². The number of aryl methyl sites for hydroxylation is 2. The number of benzene rings is 2. The second-order valence-corrected chi connectivity index (χ2v) is 6.55. The lowest BCUT2D eigenvalue weighted by molar-refractivity contribution is 0.454. The molecule has 0 atom stereocenters. The molecular weight excluding hydrogens is 342 g/mol. The highest BCUT2D eigenvalue weighted by Gasteiger charge is 2.07. The minimum atomic E-state index is -0.593. The van der Waals surface area contributed by atoms with E-state index in [1.54, 1.807) is 6.07 Å². The van der Waals surface area contributed by atoms with Crippen LogP contribution in [-0.2, 0) is 5.75 Å². The lowest BCUT2D eigenvalue weighted by atomic mass is 10.2. The summed E-state index contributed by atoms with van der Waals surface area (Å²) in [4.78, 5) is 8.69. The summed E-state index contributed by atoms with van der Waals surface area (Å²) in [5.74, 6) is 0.298. The number of rotatable bonds is 5. The Balaban J connectivity index is 1.73. The molecule has 128 valence electrons. The number of thioether (sulfide) groups is 1. The van der Waals surface area contributed by atoms with Crippen LogP contribution in [0.5, 0.6) is 11.6 Å². The Hall–Kier alpha value is -2.47. The molecule has 0 amide bonds. The number of halogens is 2. The molecule has 0 aliphatic heterocycles. The number of hydrogen-bond acceptors (Lipinski definition) is 4. The molecule has 6 heteroatoms. The number of nitrogens with zero attached hydrogens (tertiary/aromatic N) is 2. The molecule has 2 aromatic carbocycles. The van der Waals surface area contributed by atoms with Crippen LogP contribution in [0, 0.1) is 25.5 Å². The highest BCUT2D eigenvalue weighted by Crippen LogP contribution is 2.25. The van der Waals surface area contributed by atoms with E-state index in [1.165, 1.54) is 23.9 Å². The minimum Gasteiger partial charge on any atom is -0.439 e. The van der Waals surface area contributed by atoms with E-state index in [-0.39, 0.29) is 0 Å². The van der Waals surface area contributed by atoms with E-state index < -0.39 is 11.6 Å². The molecule has 0 saturated carbocycles. The Morgan fingerprint density at radius 3 is 2.28 bits per heavy atom. The van der Waals surface area contributed by atoms with Crippen molar-refractivity contribution in [3.8, 4) is 11.6 Å². The lowest BCUT2D eigenvalue weighted by Crippen LogP contribution is -1.95. The Morgan fingerprint density at radius 2 is 1.60 bits per heavy atom. The molecule has 0 aliphatic rings. The number of aromatic nitrogens is 2. The average molecular weight is 358 g/mol. The third kappa shape index (κ3) is 5.00. The zero-order valence-electron chi connectivity index (χ0n) is 13.8. The summed E-state index contributed by atoms with van der Waals surface area (Å²) >= 11 is 1.30. The summed E-state index contributed by atoms with van der Waals surface area (Å²) < 4.78 is 32.3. The molecule has 3 rings (SSSR count). The fourth-order valence-electron chi connectivity index (χ4n) is 2.20. The molecule has 0 N–H and O–H groups in total.